The average Bonchev–Trinajstić information content (AvgIpc) is 3.32. The van der Waals surface area contributed by atoms with Crippen LogP contribution in [0.2, 0.25) is 0 Å². The van der Waals surface area contributed by atoms with Gasteiger partial charge in [-0.1, -0.05) is 42.5 Å². The summed E-state index contributed by atoms with van der Waals surface area (Å²) >= 11 is 1.57. The summed E-state index contributed by atoms with van der Waals surface area (Å²) in [6.45, 7) is 1.37. The predicted molar refractivity (Wildman–Crippen MR) is 134 cm³/mol. The number of anilines is 2. The number of amides is 2. The molecule has 35 heavy (non-hydrogen) atoms. The standard InChI is InChI=1S/C27H22FN3O3S/c1-17-27(33)31(15-25(32)29-21-10-6-5-9-20(21)28)23-14-19(11-12-24(23)34-17)22-16-35-26(30-22)13-18-7-3-2-4-8-18/h2-12,14,16-17H,13,15H2,1H3,(H,29,32). The third kappa shape index (κ3) is 4.93. The van der Waals surface area contributed by atoms with Gasteiger partial charge >= 0.3 is 0 Å². The second-order valence-electron chi connectivity index (χ2n) is 8.18. The number of thiazole rings is 1. The van der Waals surface area contributed by atoms with E-state index >= 15 is 0 Å². The highest BCUT2D eigenvalue weighted by Gasteiger charge is 2.33. The molecule has 0 bridgehead atoms. The van der Waals surface area contributed by atoms with E-state index in [1.165, 1.54) is 22.6 Å². The van der Waals surface area contributed by atoms with Crippen LogP contribution in [0.1, 0.15) is 17.5 Å². The molecule has 6 nitrogen and oxygen atoms in total. The Labute approximate surface area is 206 Å². The van der Waals surface area contributed by atoms with E-state index in [1.54, 1.807) is 42.5 Å². The van der Waals surface area contributed by atoms with Crippen molar-refractivity contribution in [1.82, 2.24) is 4.98 Å². The first-order valence-corrected chi connectivity index (χ1v) is 12.0. The first-order valence-electron chi connectivity index (χ1n) is 11.1. The largest absolute Gasteiger partial charge is 0.479 e. The molecular weight excluding hydrogens is 465 g/mol. The zero-order valence-electron chi connectivity index (χ0n) is 18.9. The van der Waals surface area contributed by atoms with E-state index in [0.717, 1.165) is 22.7 Å². The molecule has 0 saturated carbocycles. The van der Waals surface area contributed by atoms with E-state index in [1.807, 2.05) is 29.6 Å². The van der Waals surface area contributed by atoms with E-state index in [4.69, 9.17) is 9.72 Å². The number of halogens is 1. The van der Waals surface area contributed by atoms with E-state index in [2.05, 4.69) is 17.4 Å². The molecule has 1 aromatic heterocycles. The fourth-order valence-corrected chi connectivity index (χ4v) is 4.76. The molecule has 1 N–H and O–H groups in total. The summed E-state index contributed by atoms with van der Waals surface area (Å²) in [5.41, 5.74) is 3.31. The molecular formula is C27H22FN3O3S. The van der Waals surface area contributed by atoms with Crippen LogP contribution in [0.15, 0.2) is 78.2 Å². The third-order valence-corrected chi connectivity index (χ3v) is 6.51. The Morgan fingerprint density at radius 1 is 1.11 bits per heavy atom. The number of fused-ring (bicyclic) bond motifs is 1. The number of aromatic nitrogens is 1. The Hall–Kier alpha value is -4.04. The molecule has 4 aromatic rings. The maximum atomic E-state index is 14.0. The van der Waals surface area contributed by atoms with Crippen molar-refractivity contribution in [3.8, 4) is 17.0 Å². The van der Waals surface area contributed by atoms with Gasteiger partial charge < -0.3 is 10.1 Å². The first-order chi connectivity index (χ1) is 17.0. The summed E-state index contributed by atoms with van der Waals surface area (Å²) in [7, 11) is 0. The molecule has 0 aliphatic carbocycles. The monoisotopic (exact) mass is 487 g/mol. The number of hydrogen-bond acceptors (Lipinski definition) is 5. The average molecular weight is 488 g/mol. The summed E-state index contributed by atoms with van der Waals surface area (Å²) in [6.07, 6.45) is -0.0101. The van der Waals surface area contributed by atoms with Gasteiger partial charge in [-0.2, -0.15) is 0 Å². The Morgan fingerprint density at radius 3 is 2.69 bits per heavy atom. The van der Waals surface area contributed by atoms with Crippen LogP contribution in [0, 0.1) is 5.82 Å². The quantitative estimate of drug-likeness (QED) is 0.401. The maximum Gasteiger partial charge on any atom is 0.268 e. The molecule has 0 saturated heterocycles. The molecule has 1 aliphatic heterocycles. The minimum Gasteiger partial charge on any atom is -0.479 e. The Balaban J connectivity index is 1.39. The van der Waals surface area contributed by atoms with Crippen molar-refractivity contribution in [2.75, 3.05) is 16.8 Å². The number of nitrogens with one attached hydrogen (secondary N) is 1. The van der Waals surface area contributed by atoms with Gasteiger partial charge in [-0.3, -0.25) is 14.5 Å². The van der Waals surface area contributed by atoms with Crippen molar-refractivity contribution in [2.45, 2.75) is 19.4 Å². The van der Waals surface area contributed by atoms with Crippen molar-refractivity contribution in [3.63, 3.8) is 0 Å². The smallest absolute Gasteiger partial charge is 0.268 e. The SMILES string of the molecule is CC1Oc2ccc(-c3csc(Cc4ccccc4)n3)cc2N(CC(=O)Nc2ccccc2F)C1=O. The summed E-state index contributed by atoms with van der Waals surface area (Å²) < 4.78 is 19.7. The Kier molecular flexibility index (Phi) is 6.29. The van der Waals surface area contributed by atoms with Gasteiger partial charge in [0, 0.05) is 17.4 Å². The van der Waals surface area contributed by atoms with Crippen molar-refractivity contribution in [2.24, 2.45) is 0 Å². The van der Waals surface area contributed by atoms with Gasteiger partial charge in [-0.05, 0) is 42.8 Å². The van der Waals surface area contributed by atoms with E-state index in [0.29, 0.717) is 11.4 Å². The van der Waals surface area contributed by atoms with Gasteiger partial charge in [0.05, 0.1) is 22.1 Å². The van der Waals surface area contributed by atoms with Crippen LogP contribution in [-0.4, -0.2) is 29.4 Å². The fourth-order valence-electron chi connectivity index (χ4n) is 3.92. The Morgan fingerprint density at radius 2 is 1.89 bits per heavy atom. The van der Waals surface area contributed by atoms with Crippen LogP contribution in [-0.2, 0) is 16.0 Å². The van der Waals surface area contributed by atoms with Gasteiger partial charge in [0.1, 0.15) is 18.1 Å². The lowest BCUT2D eigenvalue weighted by Crippen LogP contribution is -2.47. The lowest BCUT2D eigenvalue weighted by atomic mass is 10.1. The maximum absolute atomic E-state index is 14.0. The highest BCUT2D eigenvalue weighted by molar-refractivity contribution is 7.10. The molecule has 2 heterocycles. The van der Waals surface area contributed by atoms with E-state index in [-0.39, 0.29) is 18.1 Å². The van der Waals surface area contributed by atoms with Gasteiger partial charge in [0.25, 0.3) is 5.91 Å². The number of rotatable bonds is 6. The second-order valence-corrected chi connectivity index (χ2v) is 9.13. The van der Waals surface area contributed by atoms with Crippen molar-refractivity contribution in [1.29, 1.82) is 0 Å². The van der Waals surface area contributed by atoms with Crippen molar-refractivity contribution in [3.05, 3.63) is 94.6 Å². The third-order valence-electron chi connectivity index (χ3n) is 5.66. The molecule has 1 unspecified atom stereocenters. The number of carbonyl (C=O) groups is 2. The van der Waals surface area contributed by atoms with Gasteiger partial charge in [0.2, 0.25) is 5.91 Å². The number of ether oxygens (including phenoxy) is 1. The number of carbonyl (C=O) groups excluding carboxylic acids is 2. The highest BCUT2D eigenvalue weighted by Crippen LogP contribution is 2.38. The predicted octanol–water partition coefficient (Wildman–Crippen LogP) is 5.29. The second kappa shape index (κ2) is 9.68. The molecule has 176 valence electrons. The summed E-state index contributed by atoms with van der Waals surface area (Å²) in [6, 6.07) is 21.5. The fraction of sp³-hybridized carbons (Fsp3) is 0.148. The lowest BCUT2D eigenvalue weighted by molar-refractivity contribution is -0.127. The van der Waals surface area contributed by atoms with Gasteiger partial charge in [-0.15, -0.1) is 11.3 Å². The molecule has 1 atom stereocenters. The zero-order chi connectivity index (χ0) is 24.4. The molecule has 5 rings (SSSR count). The molecule has 3 aromatic carbocycles. The van der Waals surface area contributed by atoms with Crippen molar-refractivity contribution >= 4 is 34.5 Å². The molecule has 8 heteroatoms. The van der Waals surface area contributed by atoms with Crippen LogP contribution in [0.5, 0.6) is 5.75 Å². The summed E-state index contributed by atoms with van der Waals surface area (Å²) in [5, 5.41) is 5.49. The molecule has 0 spiro atoms. The molecule has 0 radical (unpaired) electrons. The van der Waals surface area contributed by atoms with Crippen LogP contribution in [0.4, 0.5) is 15.8 Å². The van der Waals surface area contributed by atoms with Crippen LogP contribution >= 0.6 is 11.3 Å². The van der Waals surface area contributed by atoms with Gasteiger partial charge in [0.15, 0.2) is 6.10 Å². The normalized spacial score (nSPS) is 14.9. The molecule has 1 aliphatic rings. The summed E-state index contributed by atoms with van der Waals surface area (Å²) in [4.78, 5) is 31.8. The number of hydrogen-bond donors (Lipinski definition) is 1. The van der Waals surface area contributed by atoms with Gasteiger partial charge in [-0.25, -0.2) is 9.37 Å². The lowest BCUT2D eigenvalue weighted by Gasteiger charge is -2.32. The minimum absolute atomic E-state index is 0.0636. The van der Waals surface area contributed by atoms with E-state index in [9.17, 15) is 14.0 Å². The van der Waals surface area contributed by atoms with Crippen LogP contribution in [0.25, 0.3) is 11.3 Å². The van der Waals surface area contributed by atoms with Crippen LogP contribution in [0.3, 0.4) is 0 Å². The van der Waals surface area contributed by atoms with Crippen LogP contribution < -0.4 is 15.0 Å². The first kappa shape index (κ1) is 22.7. The minimum atomic E-state index is -0.744. The van der Waals surface area contributed by atoms with Crippen molar-refractivity contribution < 1.29 is 18.7 Å². The highest BCUT2D eigenvalue weighted by atomic mass is 32.1. The van der Waals surface area contributed by atoms with E-state index < -0.39 is 17.8 Å². The number of para-hydroxylation sites is 1. The number of nitrogens with zero attached hydrogens (tertiary/aromatic N) is 2. The Bertz CT molecular complexity index is 1390. The number of benzene rings is 3. The molecule has 2 amide bonds. The molecule has 0 fully saturated rings. The zero-order valence-corrected chi connectivity index (χ0v) is 19.7. The summed E-state index contributed by atoms with van der Waals surface area (Å²) in [5.74, 6) is -0.895. The topological polar surface area (TPSA) is 71.5 Å².